The van der Waals surface area contributed by atoms with E-state index < -0.39 is 5.97 Å². The number of nitrogens with one attached hydrogen (secondary N) is 1. The summed E-state index contributed by atoms with van der Waals surface area (Å²) in [6.07, 6.45) is 1.58. The zero-order valence-electron chi connectivity index (χ0n) is 19.9. The first-order valence-corrected chi connectivity index (χ1v) is 12.6. The lowest BCUT2D eigenvalue weighted by Gasteiger charge is -2.10. The van der Waals surface area contributed by atoms with E-state index in [1.807, 2.05) is 54.6 Å². The topological polar surface area (TPSA) is 112 Å². The maximum Gasteiger partial charge on any atom is 0.307 e. The summed E-state index contributed by atoms with van der Waals surface area (Å²) in [5, 5.41) is 22.2. The van der Waals surface area contributed by atoms with E-state index in [9.17, 15) is 4.79 Å². The van der Waals surface area contributed by atoms with Gasteiger partial charge in [0.2, 0.25) is 5.95 Å². The SMILES string of the molecule is N#CCc1ccc2nc(Cc3cc(Cc4ccccc4)nc(Nc4ccc(CC(=O)O)cc4)n3)sc2c1. The molecule has 7 nitrogen and oxygen atoms in total. The number of carboxylic acids is 1. The van der Waals surface area contributed by atoms with E-state index in [2.05, 4.69) is 23.5 Å². The summed E-state index contributed by atoms with van der Waals surface area (Å²) in [7, 11) is 0. The van der Waals surface area contributed by atoms with Crippen LogP contribution in [0.2, 0.25) is 0 Å². The van der Waals surface area contributed by atoms with Crippen LogP contribution in [0.3, 0.4) is 0 Å². The number of hydrogen-bond acceptors (Lipinski definition) is 7. The normalized spacial score (nSPS) is 10.8. The molecule has 0 saturated heterocycles. The first kappa shape index (κ1) is 24.1. The van der Waals surface area contributed by atoms with Crippen LogP contribution in [0.15, 0.2) is 78.9 Å². The Balaban J connectivity index is 1.43. The molecule has 182 valence electrons. The Bertz CT molecular complexity index is 1590. The van der Waals surface area contributed by atoms with Gasteiger partial charge in [0.1, 0.15) is 0 Å². The lowest BCUT2D eigenvalue weighted by Crippen LogP contribution is -2.05. The predicted molar refractivity (Wildman–Crippen MR) is 144 cm³/mol. The van der Waals surface area contributed by atoms with Crippen LogP contribution in [0, 0.1) is 11.3 Å². The number of anilines is 2. The van der Waals surface area contributed by atoms with E-state index in [1.54, 1.807) is 23.5 Å². The summed E-state index contributed by atoms with van der Waals surface area (Å²) in [6, 6.07) is 27.5. The molecule has 8 heteroatoms. The maximum atomic E-state index is 11.0. The summed E-state index contributed by atoms with van der Waals surface area (Å²) in [4.78, 5) is 25.3. The van der Waals surface area contributed by atoms with Crippen LogP contribution in [0.25, 0.3) is 10.2 Å². The van der Waals surface area contributed by atoms with Crippen molar-refractivity contribution < 1.29 is 9.90 Å². The van der Waals surface area contributed by atoms with Gasteiger partial charge in [0.25, 0.3) is 0 Å². The van der Waals surface area contributed by atoms with Gasteiger partial charge in [-0.1, -0.05) is 48.5 Å². The number of benzene rings is 3. The minimum Gasteiger partial charge on any atom is -0.481 e. The minimum atomic E-state index is -0.863. The summed E-state index contributed by atoms with van der Waals surface area (Å²) in [6.45, 7) is 0. The quantitative estimate of drug-likeness (QED) is 0.264. The second kappa shape index (κ2) is 11.0. The van der Waals surface area contributed by atoms with E-state index in [1.165, 1.54) is 0 Å². The molecule has 0 radical (unpaired) electrons. The van der Waals surface area contributed by atoms with Crippen LogP contribution in [-0.2, 0) is 30.5 Å². The van der Waals surface area contributed by atoms with Gasteiger partial charge in [0.05, 0.1) is 45.5 Å². The van der Waals surface area contributed by atoms with Crippen LogP contribution in [0.1, 0.15) is 33.1 Å². The predicted octanol–water partition coefficient (Wildman–Crippen LogP) is 5.70. The molecule has 0 aliphatic heterocycles. The molecular weight excluding hydrogens is 482 g/mol. The van der Waals surface area contributed by atoms with Crippen LogP contribution in [-0.4, -0.2) is 26.0 Å². The lowest BCUT2D eigenvalue weighted by molar-refractivity contribution is -0.136. The van der Waals surface area contributed by atoms with Crippen LogP contribution >= 0.6 is 11.3 Å². The molecule has 5 aromatic rings. The van der Waals surface area contributed by atoms with E-state index in [0.717, 1.165) is 49.0 Å². The molecule has 0 spiro atoms. The van der Waals surface area contributed by atoms with Gasteiger partial charge in [-0.15, -0.1) is 11.3 Å². The molecule has 0 fully saturated rings. The second-order valence-corrected chi connectivity index (χ2v) is 9.77. The van der Waals surface area contributed by atoms with Gasteiger partial charge < -0.3 is 10.4 Å². The van der Waals surface area contributed by atoms with Crippen molar-refractivity contribution in [2.45, 2.75) is 25.7 Å². The van der Waals surface area contributed by atoms with E-state index in [0.29, 0.717) is 25.2 Å². The number of carboxylic acid groups (broad SMARTS) is 1. The highest BCUT2D eigenvalue weighted by molar-refractivity contribution is 7.18. The molecule has 2 N–H and O–H groups in total. The molecule has 0 amide bonds. The third-order valence-electron chi connectivity index (χ3n) is 5.74. The summed E-state index contributed by atoms with van der Waals surface area (Å²) < 4.78 is 1.06. The van der Waals surface area contributed by atoms with Gasteiger partial charge in [-0.25, -0.2) is 15.0 Å². The average molecular weight is 506 g/mol. The number of thiazole rings is 1. The molecule has 5 rings (SSSR count). The van der Waals surface area contributed by atoms with E-state index >= 15 is 0 Å². The van der Waals surface area contributed by atoms with Crippen LogP contribution < -0.4 is 5.32 Å². The highest BCUT2D eigenvalue weighted by atomic mass is 32.1. The Morgan fingerprint density at radius 3 is 2.32 bits per heavy atom. The van der Waals surface area contributed by atoms with Gasteiger partial charge in [0, 0.05) is 18.5 Å². The molecule has 0 aliphatic rings. The van der Waals surface area contributed by atoms with Crippen molar-refractivity contribution in [3.8, 4) is 6.07 Å². The smallest absolute Gasteiger partial charge is 0.307 e. The molecule has 0 aliphatic carbocycles. The monoisotopic (exact) mass is 505 g/mol. The van der Waals surface area contributed by atoms with Crippen LogP contribution in [0.4, 0.5) is 11.6 Å². The standard InChI is InChI=1S/C29H23N5O2S/c30-13-12-21-8-11-25-26(15-21)37-27(34-25)18-24-17-23(14-19-4-2-1-3-5-19)32-29(33-24)31-22-9-6-20(7-10-22)16-28(35)36/h1-11,15,17H,12,14,16,18H2,(H,35,36)(H,31,32,33). The largest absolute Gasteiger partial charge is 0.481 e. The highest BCUT2D eigenvalue weighted by Gasteiger charge is 2.11. The van der Waals surface area contributed by atoms with Gasteiger partial charge >= 0.3 is 5.97 Å². The van der Waals surface area contributed by atoms with E-state index in [4.69, 9.17) is 25.3 Å². The molecule has 0 atom stereocenters. The van der Waals surface area contributed by atoms with Crippen molar-refractivity contribution in [1.82, 2.24) is 15.0 Å². The number of aromatic nitrogens is 3. The molecule has 0 saturated carbocycles. The zero-order chi connectivity index (χ0) is 25.6. The Morgan fingerprint density at radius 2 is 1.59 bits per heavy atom. The number of nitriles is 1. The van der Waals surface area contributed by atoms with Gasteiger partial charge in [-0.2, -0.15) is 5.26 Å². The Hall–Kier alpha value is -4.61. The van der Waals surface area contributed by atoms with Crippen molar-refractivity contribution in [3.05, 3.63) is 112 Å². The fourth-order valence-corrected chi connectivity index (χ4v) is 5.10. The third kappa shape index (κ3) is 6.34. The Morgan fingerprint density at radius 1 is 0.865 bits per heavy atom. The number of rotatable bonds is 9. The van der Waals surface area contributed by atoms with E-state index in [-0.39, 0.29) is 6.42 Å². The molecule has 37 heavy (non-hydrogen) atoms. The van der Waals surface area contributed by atoms with Crippen molar-refractivity contribution in [3.63, 3.8) is 0 Å². The average Bonchev–Trinajstić information content (AvgIpc) is 3.27. The van der Waals surface area contributed by atoms with Gasteiger partial charge in [-0.3, -0.25) is 4.79 Å². The van der Waals surface area contributed by atoms with Crippen molar-refractivity contribution >= 4 is 39.2 Å². The van der Waals surface area contributed by atoms with Gasteiger partial charge in [0.15, 0.2) is 0 Å². The second-order valence-electron chi connectivity index (χ2n) is 8.65. The number of carbonyl (C=O) groups is 1. The number of hydrogen-bond donors (Lipinski definition) is 2. The molecular formula is C29H23N5O2S. The third-order valence-corrected chi connectivity index (χ3v) is 6.76. The lowest BCUT2D eigenvalue weighted by atomic mass is 10.1. The Labute approximate surface area is 218 Å². The number of aliphatic carboxylic acids is 1. The number of nitrogens with zero attached hydrogens (tertiary/aromatic N) is 4. The minimum absolute atomic E-state index is 0.0202. The zero-order valence-corrected chi connectivity index (χ0v) is 20.7. The van der Waals surface area contributed by atoms with Crippen molar-refractivity contribution in [2.24, 2.45) is 0 Å². The summed E-state index contributed by atoms with van der Waals surface area (Å²) in [5.41, 5.74) is 6.30. The molecule has 2 aromatic heterocycles. The summed E-state index contributed by atoms with van der Waals surface area (Å²) in [5.74, 6) is -0.384. The first-order chi connectivity index (χ1) is 18.0. The van der Waals surface area contributed by atoms with Crippen molar-refractivity contribution in [2.75, 3.05) is 5.32 Å². The Kier molecular flexibility index (Phi) is 7.15. The molecule has 0 bridgehead atoms. The van der Waals surface area contributed by atoms with Gasteiger partial charge in [-0.05, 0) is 47.0 Å². The van der Waals surface area contributed by atoms with Crippen molar-refractivity contribution in [1.29, 1.82) is 5.26 Å². The number of fused-ring (bicyclic) bond motifs is 1. The summed E-state index contributed by atoms with van der Waals surface area (Å²) >= 11 is 1.61. The molecule has 2 heterocycles. The fourth-order valence-electron chi connectivity index (χ4n) is 4.05. The maximum absolute atomic E-state index is 11.0. The molecule has 0 unspecified atom stereocenters. The fraction of sp³-hybridized carbons (Fsp3) is 0.138. The molecule has 3 aromatic carbocycles. The van der Waals surface area contributed by atoms with Crippen LogP contribution in [0.5, 0.6) is 0 Å². The highest BCUT2D eigenvalue weighted by Crippen LogP contribution is 2.26. The first-order valence-electron chi connectivity index (χ1n) is 11.8.